The van der Waals surface area contributed by atoms with E-state index in [1.807, 2.05) is 0 Å². The smallest absolute Gasteiger partial charge is 0.0396 e. The van der Waals surface area contributed by atoms with Crippen LogP contribution in [0.15, 0.2) is 18.2 Å². The Morgan fingerprint density at radius 2 is 1.85 bits per heavy atom. The summed E-state index contributed by atoms with van der Waals surface area (Å²) in [4.78, 5) is 2.49. The zero-order chi connectivity index (χ0) is 14.8. The number of benzene rings is 1. The van der Waals surface area contributed by atoms with Crippen molar-refractivity contribution in [3.8, 4) is 0 Å². The van der Waals surface area contributed by atoms with E-state index in [-0.39, 0.29) is 5.54 Å². The fourth-order valence-electron chi connectivity index (χ4n) is 3.08. The second-order valence-corrected chi connectivity index (χ2v) is 7.27. The minimum absolute atomic E-state index is 0.174. The second kappa shape index (κ2) is 6.17. The van der Waals surface area contributed by atoms with Crippen LogP contribution in [0.3, 0.4) is 0 Å². The van der Waals surface area contributed by atoms with E-state index in [0.717, 1.165) is 12.6 Å². The number of hydrogen-bond acceptors (Lipinski definition) is 2. The minimum atomic E-state index is 0.174. The molecule has 0 amide bonds. The largest absolute Gasteiger partial charge is 0.371 e. The first kappa shape index (κ1) is 15.4. The van der Waals surface area contributed by atoms with Gasteiger partial charge in [-0.1, -0.05) is 25.0 Å². The molecule has 1 aliphatic carbocycles. The van der Waals surface area contributed by atoms with E-state index < -0.39 is 0 Å². The number of hydrogen-bond donors (Lipinski definition) is 1. The van der Waals surface area contributed by atoms with Gasteiger partial charge in [-0.3, -0.25) is 0 Å². The minimum Gasteiger partial charge on any atom is -0.371 e. The molecule has 1 fully saturated rings. The lowest BCUT2D eigenvalue weighted by Crippen LogP contribution is -2.35. The lowest BCUT2D eigenvalue weighted by Gasteiger charge is -2.28. The lowest BCUT2D eigenvalue weighted by molar-refractivity contribution is 0.424. The van der Waals surface area contributed by atoms with E-state index >= 15 is 0 Å². The summed E-state index contributed by atoms with van der Waals surface area (Å²) < 4.78 is 0. The first-order valence-electron chi connectivity index (χ1n) is 7.94. The molecule has 0 radical (unpaired) electrons. The van der Waals surface area contributed by atoms with Gasteiger partial charge in [0.05, 0.1) is 0 Å². The summed E-state index contributed by atoms with van der Waals surface area (Å²) in [6, 6.07) is 7.64. The summed E-state index contributed by atoms with van der Waals surface area (Å²) in [5.41, 5.74) is 4.35. The lowest BCUT2D eigenvalue weighted by atomic mass is 10.0. The first-order valence-corrected chi connectivity index (χ1v) is 7.94. The molecule has 2 nitrogen and oxygen atoms in total. The molecule has 1 aliphatic rings. The van der Waals surface area contributed by atoms with E-state index in [1.54, 1.807) is 0 Å². The molecule has 1 N–H and O–H groups in total. The van der Waals surface area contributed by atoms with Gasteiger partial charge < -0.3 is 10.2 Å². The Hall–Kier alpha value is -1.02. The van der Waals surface area contributed by atoms with Crippen molar-refractivity contribution in [1.82, 2.24) is 5.32 Å². The maximum atomic E-state index is 3.56. The summed E-state index contributed by atoms with van der Waals surface area (Å²) in [5, 5.41) is 3.56. The second-order valence-electron chi connectivity index (χ2n) is 7.27. The Bertz CT molecular complexity index is 439. The van der Waals surface area contributed by atoms with Crippen LogP contribution in [0.4, 0.5) is 5.69 Å². The van der Waals surface area contributed by atoms with Crippen molar-refractivity contribution >= 4 is 5.69 Å². The number of nitrogens with zero attached hydrogens (tertiary/aromatic N) is 1. The average Bonchev–Trinajstić information content (AvgIpc) is 2.88. The highest BCUT2D eigenvalue weighted by Gasteiger charge is 2.20. The predicted molar refractivity (Wildman–Crippen MR) is 88.4 cm³/mol. The van der Waals surface area contributed by atoms with Gasteiger partial charge in [0.15, 0.2) is 0 Å². The van der Waals surface area contributed by atoms with E-state index in [9.17, 15) is 0 Å². The van der Waals surface area contributed by atoms with E-state index in [1.165, 1.54) is 42.5 Å². The summed E-state index contributed by atoms with van der Waals surface area (Å²) in [6.45, 7) is 9.81. The molecular formula is C18H30N2. The van der Waals surface area contributed by atoms with Crippen LogP contribution in [-0.4, -0.2) is 18.6 Å². The van der Waals surface area contributed by atoms with E-state index in [0.29, 0.717) is 0 Å². The molecule has 0 unspecified atom stereocenters. The molecule has 20 heavy (non-hydrogen) atoms. The van der Waals surface area contributed by atoms with Crippen LogP contribution in [0.1, 0.15) is 57.6 Å². The number of anilines is 1. The predicted octanol–water partition coefficient (Wildman–Crippen LogP) is 4.26. The molecule has 1 saturated carbocycles. The summed E-state index contributed by atoms with van der Waals surface area (Å²) in [6.07, 6.45) is 5.48. The molecule has 112 valence electrons. The van der Waals surface area contributed by atoms with E-state index in [2.05, 4.69) is 63.2 Å². The topological polar surface area (TPSA) is 15.3 Å². The molecule has 0 bridgehead atoms. The third-order valence-electron chi connectivity index (χ3n) is 4.34. The number of aryl methyl sites for hydroxylation is 1. The van der Waals surface area contributed by atoms with Crippen molar-refractivity contribution in [1.29, 1.82) is 0 Å². The number of rotatable bonds is 4. The molecule has 2 rings (SSSR count). The maximum Gasteiger partial charge on any atom is 0.0396 e. The van der Waals surface area contributed by atoms with Gasteiger partial charge in [-0.2, -0.15) is 0 Å². The fraction of sp³-hybridized carbons (Fsp3) is 0.667. The van der Waals surface area contributed by atoms with Crippen LogP contribution >= 0.6 is 0 Å². The van der Waals surface area contributed by atoms with Gasteiger partial charge in [0, 0.05) is 30.9 Å². The van der Waals surface area contributed by atoms with Crippen LogP contribution in [0.5, 0.6) is 0 Å². The highest BCUT2D eigenvalue weighted by atomic mass is 15.1. The van der Waals surface area contributed by atoms with Crippen LogP contribution in [0.2, 0.25) is 0 Å². The first-order chi connectivity index (χ1) is 9.37. The van der Waals surface area contributed by atoms with Gasteiger partial charge in [-0.15, -0.1) is 0 Å². The molecule has 2 heteroatoms. The van der Waals surface area contributed by atoms with Gasteiger partial charge in [0.25, 0.3) is 0 Å². The molecule has 0 spiro atoms. The third-order valence-corrected chi connectivity index (χ3v) is 4.34. The molecule has 0 aromatic heterocycles. The van der Waals surface area contributed by atoms with Crippen molar-refractivity contribution in [3.05, 3.63) is 29.3 Å². The fourth-order valence-corrected chi connectivity index (χ4v) is 3.08. The Morgan fingerprint density at radius 3 is 2.40 bits per heavy atom. The molecular weight excluding hydrogens is 244 g/mol. The van der Waals surface area contributed by atoms with Crippen molar-refractivity contribution < 1.29 is 0 Å². The Labute approximate surface area is 124 Å². The third kappa shape index (κ3) is 3.99. The zero-order valence-electron chi connectivity index (χ0n) is 13.8. The SMILES string of the molecule is Cc1cc(CNC(C)(C)C)ccc1N(C)C1CCCC1. The average molecular weight is 274 g/mol. The van der Waals surface area contributed by atoms with Crippen molar-refractivity contribution in [2.75, 3.05) is 11.9 Å². The monoisotopic (exact) mass is 274 g/mol. The quantitative estimate of drug-likeness (QED) is 0.882. The van der Waals surface area contributed by atoms with Crippen LogP contribution < -0.4 is 10.2 Å². The van der Waals surface area contributed by atoms with Gasteiger partial charge in [-0.25, -0.2) is 0 Å². The molecule has 0 heterocycles. The molecule has 1 aromatic carbocycles. The molecule has 0 aliphatic heterocycles. The molecule has 0 atom stereocenters. The van der Waals surface area contributed by atoms with Gasteiger partial charge in [0.1, 0.15) is 0 Å². The normalized spacial score (nSPS) is 16.6. The molecule has 0 saturated heterocycles. The van der Waals surface area contributed by atoms with Gasteiger partial charge in [0.2, 0.25) is 0 Å². The highest BCUT2D eigenvalue weighted by molar-refractivity contribution is 5.54. The Balaban J connectivity index is 2.05. The van der Waals surface area contributed by atoms with Gasteiger partial charge in [-0.05, 0) is 57.7 Å². The standard InChI is InChI=1S/C18H30N2/c1-14-12-15(13-19-18(2,3)4)10-11-17(14)20(5)16-8-6-7-9-16/h10-12,16,19H,6-9,13H2,1-5H3. The van der Waals surface area contributed by atoms with Gasteiger partial charge >= 0.3 is 0 Å². The summed E-state index contributed by atoms with van der Waals surface area (Å²) >= 11 is 0. The van der Waals surface area contributed by atoms with Crippen molar-refractivity contribution in [2.45, 2.75) is 71.5 Å². The van der Waals surface area contributed by atoms with Crippen molar-refractivity contribution in [3.63, 3.8) is 0 Å². The van der Waals surface area contributed by atoms with Crippen LogP contribution in [-0.2, 0) is 6.54 Å². The zero-order valence-corrected chi connectivity index (χ0v) is 13.8. The Kier molecular flexibility index (Phi) is 4.74. The summed E-state index contributed by atoms with van der Waals surface area (Å²) in [7, 11) is 2.26. The van der Waals surface area contributed by atoms with Crippen LogP contribution in [0.25, 0.3) is 0 Å². The maximum absolute atomic E-state index is 3.56. The summed E-state index contributed by atoms with van der Waals surface area (Å²) in [5.74, 6) is 0. The highest BCUT2D eigenvalue weighted by Crippen LogP contribution is 2.29. The van der Waals surface area contributed by atoms with Crippen LogP contribution in [0, 0.1) is 6.92 Å². The van der Waals surface area contributed by atoms with Crippen molar-refractivity contribution in [2.24, 2.45) is 0 Å². The number of nitrogens with one attached hydrogen (secondary N) is 1. The van der Waals surface area contributed by atoms with E-state index in [4.69, 9.17) is 0 Å². The molecule has 1 aromatic rings. The Morgan fingerprint density at radius 1 is 1.20 bits per heavy atom.